The van der Waals surface area contributed by atoms with Gasteiger partial charge < -0.3 is 19.7 Å². The number of nitrogens with one attached hydrogen (secondary N) is 1. The summed E-state index contributed by atoms with van der Waals surface area (Å²) in [5.41, 5.74) is 1.85. The molecule has 7 nitrogen and oxygen atoms in total. The monoisotopic (exact) mass is 425 g/mol. The molecule has 2 aromatic carbocycles. The summed E-state index contributed by atoms with van der Waals surface area (Å²) >= 11 is 0. The van der Waals surface area contributed by atoms with Gasteiger partial charge in [0.1, 0.15) is 11.5 Å². The molecule has 1 N–H and O–H groups in total. The first-order chi connectivity index (χ1) is 15.1. The van der Waals surface area contributed by atoms with Crippen LogP contribution in [0.4, 0.5) is 5.69 Å². The van der Waals surface area contributed by atoms with Gasteiger partial charge in [0, 0.05) is 38.7 Å². The van der Waals surface area contributed by atoms with E-state index >= 15 is 0 Å². The number of rotatable bonds is 9. The zero-order chi connectivity index (χ0) is 22.1. The highest BCUT2D eigenvalue weighted by atomic mass is 16.5. The normalized spacial score (nSPS) is 14.2. The number of carbonyl (C=O) groups is 2. The van der Waals surface area contributed by atoms with Crippen molar-refractivity contribution in [2.45, 2.75) is 19.3 Å². The van der Waals surface area contributed by atoms with E-state index in [2.05, 4.69) is 22.3 Å². The molecule has 2 aromatic rings. The zero-order valence-corrected chi connectivity index (χ0v) is 18.3. The van der Waals surface area contributed by atoms with Crippen LogP contribution in [0.25, 0.3) is 0 Å². The van der Waals surface area contributed by atoms with Gasteiger partial charge in [-0.1, -0.05) is 30.3 Å². The van der Waals surface area contributed by atoms with Gasteiger partial charge in [0.15, 0.2) is 0 Å². The van der Waals surface area contributed by atoms with E-state index in [1.165, 1.54) is 5.56 Å². The van der Waals surface area contributed by atoms with Gasteiger partial charge in [0.25, 0.3) is 0 Å². The molecular formula is C24H31N3O4. The van der Waals surface area contributed by atoms with E-state index in [1.807, 2.05) is 23.1 Å². The van der Waals surface area contributed by atoms with Crippen LogP contribution in [0.5, 0.6) is 11.5 Å². The number of piperazine rings is 1. The molecular weight excluding hydrogens is 394 g/mol. The molecule has 1 saturated heterocycles. The Labute approximate surface area is 183 Å². The lowest BCUT2D eigenvalue weighted by Gasteiger charge is -2.34. The number of anilines is 1. The molecule has 0 aromatic heterocycles. The van der Waals surface area contributed by atoms with Crippen molar-refractivity contribution in [3.8, 4) is 11.5 Å². The lowest BCUT2D eigenvalue weighted by atomic mass is 10.1. The zero-order valence-electron chi connectivity index (χ0n) is 18.3. The van der Waals surface area contributed by atoms with Crippen LogP contribution in [-0.4, -0.2) is 68.6 Å². The van der Waals surface area contributed by atoms with Crippen molar-refractivity contribution in [1.82, 2.24) is 9.80 Å². The van der Waals surface area contributed by atoms with Crippen LogP contribution < -0.4 is 14.8 Å². The van der Waals surface area contributed by atoms with Crippen molar-refractivity contribution in [3.63, 3.8) is 0 Å². The van der Waals surface area contributed by atoms with Crippen molar-refractivity contribution in [3.05, 3.63) is 54.1 Å². The predicted octanol–water partition coefficient (Wildman–Crippen LogP) is 2.81. The number of hydrogen-bond donors (Lipinski definition) is 1. The van der Waals surface area contributed by atoms with Crippen molar-refractivity contribution in [2.75, 3.05) is 52.3 Å². The summed E-state index contributed by atoms with van der Waals surface area (Å²) in [5, 5.41) is 2.89. The summed E-state index contributed by atoms with van der Waals surface area (Å²) in [6.45, 7) is 2.95. The Morgan fingerprint density at radius 2 is 1.71 bits per heavy atom. The van der Waals surface area contributed by atoms with Crippen LogP contribution in [-0.2, 0) is 16.0 Å². The molecule has 3 rings (SSSR count). The molecule has 0 bridgehead atoms. The van der Waals surface area contributed by atoms with Gasteiger partial charge in [0.2, 0.25) is 11.8 Å². The number of aryl methyl sites for hydroxylation is 1. The van der Waals surface area contributed by atoms with E-state index in [0.29, 0.717) is 49.8 Å². The van der Waals surface area contributed by atoms with Crippen LogP contribution >= 0.6 is 0 Å². The molecule has 166 valence electrons. The van der Waals surface area contributed by atoms with E-state index in [0.717, 1.165) is 12.8 Å². The van der Waals surface area contributed by atoms with Gasteiger partial charge in [-0.2, -0.15) is 0 Å². The maximum absolute atomic E-state index is 12.5. The number of amides is 2. The minimum atomic E-state index is -0.116. The lowest BCUT2D eigenvalue weighted by molar-refractivity contribution is -0.133. The van der Waals surface area contributed by atoms with Crippen LogP contribution in [0.1, 0.15) is 18.4 Å². The van der Waals surface area contributed by atoms with Gasteiger partial charge in [-0.25, -0.2) is 0 Å². The third kappa shape index (κ3) is 6.72. The molecule has 1 heterocycles. The van der Waals surface area contributed by atoms with Gasteiger partial charge in [-0.15, -0.1) is 0 Å². The largest absolute Gasteiger partial charge is 0.497 e. The van der Waals surface area contributed by atoms with Gasteiger partial charge in [0.05, 0.1) is 26.5 Å². The Bertz CT molecular complexity index is 864. The number of methoxy groups -OCH3 is 2. The smallest absolute Gasteiger partial charge is 0.238 e. The molecule has 1 aliphatic rings. The quantitative estimate of drug-likeness (QED) is 0.669. The van der Waals surface area contributed by atoms with Crippen LogP contribution in [0, 0.1) is 0 Å². The molecule has 1 aliphatic heterocycles. The second-order valence-corrected chi connectivity index (χ2v) is 7.61. The first kappa shape index (κ1) is 22.6. The van der Waals surface area contributed by atoms with Crippen molar-refractivity contribution < 1.29 is 19.1 Å². The van der Waals surface area contributed by atoms with Gasteiger partial charge >= 0.3 is 0 Å². The number of benzene rings is 2. The molecule has 0 saturated carbocycles. The fraction of sp³-hybridized carbons (Fsp3) is 0.417. The minimum absolute atomic E-state index is 0.116. The number of hydrogen-bond acceptors (Lipinski definition) is 5. The highest BCUT2D eigenvalue weighted by molar-refractivity contribution is 5.94. The second kappa shape index (κ2) is 11.4. The standard InChI is InChI=1S/C24H31N3O4/c1-30-20-11-12-22(31-2)21(17-20)25-23(28)18-26-13-15-27(16-14-26)24(29)10-6-9-19-7-4-3-5-8-19/h3-5,7-8,11-12,17H,6,9-10,13-16,18H2,1-2H3,(H,25,28). The average Bonchev–Trinajstić information content (AvgIpc) is 2.80. The fourth-order valence-corrected chi connectivity index (χ4v) is 3.71. The SMILES string of the molecule is COc1ccc(OC)c(NC(=O)CN2CCN(C(=O)CCCc3ccccc3)CC2)c1. The molecule has 0 unspecified atom stereocenters. The number of ether oxygens (including phenoxy) is 2. The summed E-state index contributed by atoms with van der Waals surface area (Å²) in [4.78, 5) is 29.0. The van der Waals surface area contributed by atoms with Gasteiger partial charge in [-0.05, 0) is 30.5 Å². The Kier molecular flexibility index (Phi) is 8.29. The topological polar surface area (TPSA) is 71.1 Å². The van der Waals surface area contributed by atoms with E-state index < -0.39 is 0 Å². The highest BCUT2D eigenvalue weighted by Gasteiger charge is 2.22. The molecule has 0 atom stereocenters. The van der Waals surface area contributed by atoms with Gasteiger partial charge in [-0.3, -0.25) is 14.5 Å². The van der Waals surface area contributed by atoms with Crippen LogP contribution in [0.15, 0.2) is 48.5 Å². The maximum atomic E-state index is 12.5. The summed E-state index contributed by atoms with van der Waals surface area (Å²) in [6.07, 6.45) is 2.33. The summed E-state index contributed by atoms with van der Waals surface area (Å²) in [5.74, 6) is 1.31. The average molecular weight is 426 g/mol. The summed E-state index contributed by atoms with van der Waals surface area (Å²) < 4.78 is 10.5. The van der Waals surface area contributed by atoms with E-state index in [1.54, 1.807) is 32.4 Å². The third-order valence-electron chi connectivity index (χ3n) is 5.47. The van der Waals surface area contributed by atoms with Crippen molar-refractivity contribution in [1.29, 1.82) is 0 Å². The molecule has 2 amide bonds. The van der Waals surface area contributed by atoms with E-state index in [4.69, 9.17) is 9.47 Å². The maximum Gasteiger partial charge on any atom is 0.238 e. The van der Waals surface area contributed by atoms with Crippen LogP contribution in [0.2, 0.25) is 0 Å². The summed E-state index contributed by atoms with van der Waals surface area (Å²) in [7, 11) is 3.14. The van der Waals surface area contributed by atoms with Crippen LogP contribution in [0.3, 0.4) is 0 Å². The lowest BCUT2D eigenvalue weighted by Crippen LogP contribution is -2.50. The van der Waals surface area contributed by atoms with E-state index in [9.17, 15) is 9.59 Å². The molecule has 0 radical (unpaired) electrons. The second-order valence-electron chi connectivity index (χ2n) is 7.61. The number of carbonyl (C=O) groups excluding carboxylic acids is 2. The van der Waals surface area contributed by atoms with Crippen molar-refractivity contribution in [2.24, 2.45) is 0 Å². The molecule has 0 spiro atoms. The molecule has 31 heavy (non-hydrogen) atoms. The van der Waals surface area contributed by atoms with E-state index in [-0.39, 0.29) is 18.4 Å². The first-order valence-corrected chi connectivity index (χ1v) is 10.6. The Morgan fingerprint density at radius 3 is 2.39 bits per heavy atom. The fourth-order valence-electron chi connectivity index (χ4n) is 3.71. The minimum Gasteiger partial charge on any atom is -0.497 e. The highest BCUT2D eigenvalue weighted by Crippen LogP contribution is 2.28. The Morgan fingerprint density at radius 1 is 0.968 bits per heavy atom. The molecule has 1 fully saturated rings. The Balaban J connectivity index is 1.40. The third-order valence-corrected chi connectivity index (χ3v) is 5.47. The summed E-state index contributed by atoms with van der Waals surface area (Å²) in [6, 6.07) is 15.5. The number of nitrogens with zero attached hydrogens (tertiary/aromatic N) is 2. The Hall–Kier alpha value is -3.06. The molecule has 0 aliphatic carbocycles. The first-order valence-electron chi connectivity index (χ1n) is 10.6. The predicted molar refractivity (Wildman–Crippen MR) is 121 cm³/mol. The van der Waals surface area contributed by atoms with Crippen molar-refractivity contribution >= 4 is 17.5 Å². The molecule has 7 heteroatoms.